The third-order valence-corrected chi connectivity index (χ3v) is 6.42. The zero-order valence-corrected chi connectivity index (χ0v) is 14.9. The van der Waals surface area contributed by atoms with Gasteiger partial charge in [0.2, 0.25) is 11.7 Å². The van der Waals surface area contributed by atoms with Crippen molar-refractivity contribution < 1.29 is 18.9 Å². The number of hydrogen-bond donors (Lipinski definition) is 2. The van der Waals surface area contributed by atoms with Gasteiger partial charge in [-0.05, 0) is 73.8 Å². The first-order chi connectivity index (χ1) is 12.8. The summed E-state index contributed by atoms with van der Waals surface area (Å²) >= 11 is 0. The van der Waals surface area contributed by atoms with Gasteiger partial charge in [0.05, 0.1) is 4.92 Å². The third-order valence-electron chi connectivity index (χ3n) is 6.42. The van der Waals surface area contributed by atoms with E-state index in [1.807, 2.05) is 0 Å². The molecule has 5 rings (SSSR count). The quantitative estimate of drug-likeness (QED) is 0.624. The van der Waals surface area contributed by atoms with E-state index in [1.54, 1.807) is 0 Å². The standard InChI is InChI=1S/C19H22FN3O4/c20-15-2-1-14(6-16(15)23(26)27)18(25)22-21-17(24)10-19-7-11-3-12(8-19)5-13(4-11)9-19/h1-2,6,11-13H,3-5,7-10H2,(H,21,24)(H,22,25). The molecule has 2 N–H and O–H groups in total. The Labute approximate surface area is 155 Å². The van der Waals surface area contributed by atoms with Crippen LogP contribution in [-0.2, 0) is 4.79 Å². The maximum Gasteiger partial charge on any atom is 0.305 e. The average Bonchev–Trinajstić information content (AvgIpc) is 2.58. The van der Waals surface area contributed by atoms with Gasteiger partial charge in [-0.1, -0.05) is 0 Å². The normalized spacial score (nSPS) is 30.8. The summed E-state index contributed by atoms with van der Waals surface area (Å²) < 4.78 is 13.4. The summed E-state index contributed by atoms with van der Waals surface area (Å²) in [5, 5.41) is 10.8. The second-order valence-corrected chi connectivity index (χ2v) is 8.52. The fourth-order valence-electron chi connectivity index (χ4n) is 5.88. The summed E-state index contributed by atoms with van der Waals surface area (Å²) in [5.74, 6) is 0.233. The zero-order chi connectivity index (χ0) is 19.2. The number of nitro groups is 1. The van der Waals surface area contributed by atoms with E-state index in [0.717, 1.165) is 55.2 Å². The number of nitrogens with one attached hydrogen (secondary N) is 2. The number of rotatable bonds is 4. The molecule has 8 heteroatoms. The molecule has 0 radical (unpaired) electrons. The van der Waals surface area contributed by atoms with E-state index in [0.29, 0.717) is 6.42 Å². The van der Waals surface area contributed by atoms with Crippen LogP contribution in [0.2, 0.25) is 0 Å². The molecule has 0 aliphatic heterocycles. The number of benzene rings is 1. The molecule has 144 valence electrons. The molecule has 4 saturated carbocycles. The van der Waals surface area contributed by atoms with E-state index in [4.69, 9.17) is 0 Å². The molecule has 2 amide bonds. The zero-order valence-electron chi connectivity index (χ0n) is 14.9. The molecule has 0 saturated heterocycles. The molecule has 0 spiro atoms. The topological polar surface area (TPSA) is 101 Å². The summed E-state index contributed by atoms with van der Waals surface area (Å²) in [4.78, 5) is 34.4. The third kappa shape index (κ3) is 3.52. The lowest BCUT2D eigenvalue weighted by Gasteiger charge is -2.56. The Bertz CT molecular complexity index is 775. The largest absolute Gasteiger partial charge is 0.305 e. The highest BCUT2D eigenvalue weighted by Gasteiger charge is 2.51. The van der Waals surface area contributed by atoms with Gasteiger partial charge in [0.1, 0.15) is 0 Å². The van der Waals surface area contributed by atoms with E-state index < -0.39 is 22.3 Å². The lowest BCUT2D eigenvalue weighted by atomic mass is 9.49. The van der Waals surface area contributed by atoms with Gasteiger partial charge in [-0.25, -0.2) is 0 Å². The van der Waals surface area contributed by atoms with Crippen LogP contribution in [0.5, 0.6) is 0 Å². The maximum absolute atomic E-state index is 13.4. The molecule has 4 aliphatic rings. The SMILES string of the molecule is O=C(CC12CC3CC(CC(C3)C1)C2)NNC(=O)c1ccc(F)c([N+](=O)[O-])c1. The minimum Gasteiger partial charge on any atom is -0.273 e. The molecule has 7 nitrogen and oxygen atoms in total. The van der Waals surface area contributed by atoms with Crippen LogP contribution >= 0.6 is 0 Å². The van der Waals surface area contributed by atoms with Crippen molar-refractivity contribution in [2.75, 3.05) is 0 Å². The first kappa shape index (κ1) is 17.9. The van der Waals surface area contributed by atoms with Gasteiger partial charge in [0.15, 0.2) is 0 Å². The van der Waals surface area contributed by atoms with Crippen LogP contribution in [-0.4, -0.2) is 16.7 Å². The molecule has 4 fully saturated rings. The number of nitrogens with zero attached hydrogens (tertiary/aromatic N) is 1. The van der Waals surface area contributed by atoms with Crippen molar-refractivity contribution in [3.8, 4) is 0 Å². The van der Waals surface area contributed by atoms with Gasteiger partial charge in [0.25, 0.3) is 5.91 Å². The lowest BCUT2D eigenvalue weighted by molar-refractivity contribution is -0.387. The van der Waals surface area contributed by atoms with Crippen LogP contribution in [0.4, 0.5) is 10.1 Å². The molecule has 0 aromatic heterocycles. The van der Waals surface area contributed by atoms with Crippen molar-refractivity contribution in [3.63, 3.8) is 0 Å². The summed E-state index contributed by atoms with van der Waals surface area (Å²) in [6.07, 6.45) is 7.53. The van der Waals surface area contributed by atoms with Gasteiger partial charge < -0.3 is 0 Å². The van der Waals surface area contributed by atoms with Gasteiger partial charge in [-0.15, -0.1) is 0 Å². The number of halogens is 1. The summed E-state index contributed by atoms with van der Waals surface area (Å²) in [6.45, 7) is 0. The van der Waals surface area contributed by atoms with Gasteiger partial charge in [0, 0.05) is 18.1 Å². The van der Waals surface area contributed by atoms with Crippen molar-refractivity contribution in [1.29, 1.82) is 0 Å². The van der Waals surface area contributed by atoms with E-state index in [2.05, 4.69) is 10.9 Å². The van der Waals surface area contributed by atoms with Crippen molar-refractivity contribution in [2.45, 2.75) is 44.9 Å². The molecule has 0 atom stereocenters. The highest BCUT2D eigenvalue weighted by molar-refractivity contribution is 5.96. The lowest BCUT2D eigenvalue weighted by Crippen LogP contribution is -2.50. The summed E-state index contributed by atoms with van der Waals surface area (Å²) in [6, 6.07) is 2.86. The second-order valence-electron chi connectivity index (χ2n) is 8.52. The average molecular weight is 375 g/mol. The Balaban J connectivity index is 1.35. The van der Waals surface area contributed by atoms with Gasteiger partial charge >= 0.3 is 5.69 Å². The Morgan fingerprint density at radius 2 is 1.70 bits per heavy atom. The van der Waals surface area contributed by atoms with Crippen molar-refractivity contribution in [3.05, 3.63) is 39.7 Å². The van der Waals surface area contributed by atoms with E-state index in [9.17, 15) is 24.1 Å². The second kappa shape index (κ2) is 6.58. The highest BCUT2D eigenvalue weighted by Crippen LogP contribution is 2.61. The number of carbonyl (C=O) groups is 2. The fraction of sp³-hybridized carbons (Fsp3) is 0.579. The molecule has 4 aliphatic carbocycles. The maximum atomic E-state index is 13.4. The molecule has 0 unspecified atom stereocenters. The summed E-state index contributed by atoms with van der Waals surface area (Å²) in [5.41, 5.74) is 3.89. The number of carbonyl (C=O) groups excluding carboxylic acids is 2. The Hall–Kier alpha value is -2.51. The first-order valence-corrected chi connectivity index (χ1v) is 9.37. The minimum atomic E-state index is -1.01. The number of hydrogen-bond acceptors (Lipinski definition) is 4. The van der Waals surface area contributed by atoms with Crippen LogP contribution in [0.3, 0.4) is 0 Å². The van der Waals surface area contributed by atoms with E-state index in [1.165, 1.54) is 19.3 Å². The number of amides is 2. The number of hydrazine groups is 1. The Kier molecular flexibility index (Phi) is 4.36. The van der Waals surface area contributed by atoms with Crippen LogP contribution in [0.1, 0.15) is 55.3 Å². The van der Waals surface area contributed by atoms with Gasteiger partial charge in [-0.3, -0.25) is 30.6 Å². The van der Waals surface area contributed by atoms with Crippen molar-refractivity contribution in [1.82, 2.24) is 10.9 Å². The predicted molar refractivity (Wildman–Crippen MR) is 93.9 cm³/mol. The molecular formula is C19H22FN3O4. The first-order valence-electron chi connectivity index (χ1n) is 9.37. The Morgan fingerprint density at radius 3 is 2.26 bits per heavy atom. The van der Waals surface area contributed by atoms with Crippen LogP contribution in [0.15, 0.2) is 18.2 Å². The smallest absolute Gasteiger partial charge is 0.273 e. The summed E-state index contributed by atoms with van der Waals surface area (Å²) in [7, 11) is 0. The number of nitro benzene ring substituents is 1. The van der Waals surface area contributed by atoms with E-state index >= 15 is 0 Å². The minimum absolute atomic E-state index is 0.0538. The van der Waals surface area contributed by atoms with E-state index in [-0.39, 0.29) is 16.9 Å². The molecule has 27 heavy (non-hydrogen) atoms. The molecule has 0 heterocycles. The fourth-order valence-corrected chi connectivity index (χ4v) is 5.88. The van der Waals surface area contributed by atoms with Crippen LogP contribution in [0, 0.1) is 39.1 Å². The van der Waals surface area contributed by atoms with Gasteiger partial charge in [-0.2, -0.15) is 4.39 Å². The van der Waals surface area contributed by atoms with Crippen molar-refractivity contribution in [2.24, 2.45) is 23.2 Å². The van der Waals surface area contributed by atoms with Crippen LogP contribution in [0.25, 0.3) is 0 Å². The van der Waals surface area contributed by atoms with Crippen molar-refractivity contribution >= 4 is 17.5 Å². The molecular weight excluding hydrogens is 353 g/mol. The highest BCUT2D eigenvalue weighted by atomic mass is 19.1. The predicted octanol–water partition coefficient (Wildman–Crippen LogP) is 3.10. The monoisotopic (exact) mass is 375 g/mol. The Morgan fingerprint density at radius 1 is 1.11 bits per heavy atom. The molecule has 4 bridgehead atoms. The molecule has 1 aromatic rings. The van der Waals surface area contributed by atoms with Crippen LogP contribution < -0.4 is 10.9 Å². The molecule has 1 aromatic carbocycles.